The van der Waals surface area contributed by atoms with E-state index in [-0.39, 0.29) is 23.8 Å². The summed E-state index contributed by atoms with van der Waals surface area (Å²) in [7, 11) is 0. The van der Waals surface area contributed by atoms with Gasteiger partial charge in [0.05, 0.1) is 5.92 Å². The van der Waals surface area contributed by atoms with Crippen LogP contribution >= 0.6 is 0 Å². The molecular weight excluding hydrogens is 243 g/mol. The molecule has 1 aromatic carbocycles. The average molecular weight is 262 g/mol. The fraction of sp³-hybridized carbons (Fsp3) is 0.562. The fourth-order valence-electron chi connectivity index (χ4n) is 3.79. The molecule has 1 aromatic rings. The van der Waals surface area contributed by atoms with Crippen LogP contribution in [0.2, 0.25) is 0 Å². The van der Waals surface area contributed by atoms with Gasteiger partial charge in [0.15, 0.2) is 0 Å². The summed E-state index contributed by atoms with van der Waals surface area (Å²) < 4.78 is 18.6. The molecule has 0 radical (unpaired) electrons. The van der Waals surface area contributed by atoms with E-state index in [0.717, 1.165) is 18.4 Å². The third kappa shape index (κ3) is 2.05. The molecule has 2 aliphatic rings. The van der Waals surface area contributed by atoms with Crippen molar-refractivity contribution in [3.05, 3.63) is 35.6 Å². The first-order chi connectivity index (χ1) is 9.08. The molecule has 102 valence electrons. The zero-order valence-corrected chi connectivity index (χ0v) is 11.3. The van der Waals surface area contributed by atoms with Crippen molar-refractivity contribution in [3.63, 3.8) is 0 Å². The molecule has 19 heavy (non-hydrogen) atoms. The van der Waals surface area contributed by atoms with E-state index in [9.17, 15) is 9.18 Å². The smallest absolute Gasteiger partial charge is 0.310 e. The molecule has 5 unspecified atom stereocenters. The minimum Gasteiger partial charge on any atom is -0.457 e. The second-order valence-electron chi connectivity index (χ2n) is 6.01. The minimum absolute atomic E-state index is 0.0618. The Bertz CT molecular complexity index is 482. The molecule has 1 saturated heterocycles. The van der Waals surface area contributed by atoms with Crippen molar-refractivity contribution in [3.8, 4) is 0 Å². The highest BCUT2D eigenvalue weighted by Gasteiger charge is 2.49. The molecule has 0 N–H and O–H groups in total. The number of benzene rings is 1. The summed E-state index contributed by atoms with van der Waals surface area (Å²) in [6.45, 7) is 4.28. The summed E-state index contributed by atoms with van der Waals surface area (Å²) in [6.07, 6.45) is 1.98. The third-order valence-corrected chi connectivity index (χ3v) is 4.90. The zero-order valence-electron chi connectivity index (χ0n) is 11.3. The van der Waals surface area contributed by atoms with Gasteiger partial charge in [0.1, 0.15) is 11.9 Å². The van der Waals surface area contributed by atoms with Gasteiger partial charge in [0.2, 0.25) is 0 Å². The first-order valence-electron chi connectivity index (χ1n) is 7.04. The zero-order chi connectivity index (χ0) is 13.6. The molecule has 2 nitrogen and oxygen atoms in total. The summed E-state index contributed by atoms with van der Waals surface area (Å²) in [5.41, 5.74) is 0.903. The second-order valence-corrected chi connectivity index (χ2v) is 6.01. The molecule has 1 aliphatic heterocycles. The number of hydrogen-bond donors (Lipinski definition) is 0. The van der Waals surface area contributed by atoms with Crippen LogP contribution in [0.3, 0.4) is 0 Å². The van der Waals surface area contributed by atoms with Gasteiger partial charge in [-0.05, 0) is 42.4 Å². The quantitative estimate of drug-likeness (QED) is 0.721. The molecule has 5 atom stereocenters. The highest BCUT2D eigenvalue weighted by Crippen LogP contribution is 2.50. The summed E-state index contributed by atoms with van der Waals surface area (Å²) >= 11 is 0. The second kappa shape index (κ2) is 4.62. The van der Waals surface area contributed by atoms with Crippen molar-refractivity contribution in [2.45, 2.75) is 32.8 Å². The van der Waals surface area contributed by atoms with Crippen LogP contribution in [0.4, 0.5) is 4.39 Å². The number of hydrogen-bond acceptors (Lipinski definition) is 2. The van der Waals surface area contributed by atoms with Crippen molar-refractivity contribution in [2.24, 2.45) is 23.7 Å². The van der Waals surface area contributed by atoms with Crippen molar-refractivity contribution in [1.82, 2.24) is 0 Å². The van der Waals surface area contributed by atoms with Gasteiger partial charge in [-0.1, -0.05) is 26.0 Å². The molecule has 3 rings (SSSR count). The Hall–Kier alpha value is -1.38. The monoisotopic (exact) mass is 262 g/mol. The Kier molecular flexibility index (Phi) is 3.08. The molecule has 0 aromatic heterocycles. The van der Waals surface area contributed by atoms with Crippen LogP contribution in [-0.4, -0.2) is 5.97 Å². The van der Waals surface area contributed by atoms with E-state index in [2.05, 4.69) is 13.8 Å². The van der Waals surface area contributed by atoms with Crippen LogP contribution in [0.15, 0.2) is 24.3 Å². The third-order valence-electron chi connectivity index (χ3n) is 4.90. The van der Waals surface area contributed by atoms with Gasteiger partial charge in [-0.2, -0.15) is 0 Å². The highest BCUT2D eigenvalue weighted by molar-refractivity contribution is 5.75. The Balaban J connectivity index is 1.88. The average Bonchev–Trinajstić information content (AvgIpc) is 2.78. The number of ether oxygens (including phenoxy) is 1. The van der Waals surface area contributed by atoms with Crippen LogP contribution in [0, 0.1) is 29.5 Å². The van der Waals surface area contributed by atoms with Crippen molar-refractivity contribution >= 4 is 5.97 Å². The van der Waals surface area contributed by atoms with Crippen LogP contribution in [-0.2, 0) is 9.53 Å². The minimum atomic E-state index is -0.258. The van der Waals surface area contributed by atoms with Crippen LogP contribution < -0.4 is 0 Å². The van der Waals surface area contributed by atoms with Crippen LogP contribution in [0.1, 0.15) is 38.4 Å². The molecule has 0 amide bonds. The molecular formula is C16H19FO2. The molecule has 0 bridgehead atoms. The number of cyclic esters (lactones) is 1. The van der Waals surface area contributed by atoms with Crippen molar-refractivity contribution in [2.75, 3.05) is 0 Å². The van der Waals surface area contributed by atoms with E-state index in [0.29, 0.717) is 17.8 Å². The van der Waals surface area contributed by atoms with E-state index in [1.54, 1.807) is 12.1 Å². The SMILES string of the molecule is CC1CCC2C(C)C(c3ccc(F)cc3)OC(=O)C12. The standard InChI is InChI=1S/C16H19FO2/c1-9-3-8-13-10(2)15(19-16(18)14(9)13)11-4-6-12(17)7-5-11/h4-7,9-10,13-15H,3,8H2,1-2H3. The summed E-state index contributed by atoms with van der Waals surface area (Å²) in [5, 5.41) is 0. The number of esters is 1. The maximum Gasteiger partial charge on any atom is 0.310 e. The van der Waals surface area contributed by atoms with Crippen LogP contribution in [0.5, 0.6) is 0 Å². The molecule has 1 saturated carbocycles. The summed E-state index contributed by atoms with van der Waals surface area (Å²) in [6, 6.07) is 6.31. The maximum atomic E-state index is 13.0. The predicted octanol–water partition coefficient (Wildman–Crippen LogP) is 3.72. The van der Waals surface area contributed by atoms with Gasteiger partial charge in [-0.3, -0.25) is 4.79 Å². The summed E-state index contributed by atoms with van der Waals surface area (Å²) in [5.74, 6) is 0.874. The number of carbonyl (C=O) groups is 1. The lowest BCUT2D eigenvalue weighted by Gasteiger charge is -2.38. The largest absolute Gasteiger partial charge is 0.457 e. The number of rotatable bonds is 1. The lowest BCUT2D eigenvalue weighted by atomic mass is 9.76. The van der Waals surface area contributed by atoms with Gasteiger partial charge in [0, 0.05) is 5.92 Å². The summed E-state index contributed by atoms with van der Waals surface area (Å²) in [4.78, 5) is 12.2. The normalized spacial score (nSPS) is 37.8. The Morgan fingerprint density at radius 3 is 2.53 bits per heavy atom. The first-order valence-corrected chi connectivity index (χ1v) is 7.04. The lowest BCUT2D eigenvalue weighted by Crippen LogP contribution is -2.39. The first kappa shape index (κ1) is 12.6. The number of fused-ring (bicyclic) bond motifs is 1. The molecule has 1 aliphatic carbocycles. The van der Waals surface area contributed by atoms with Gasteiger partial charge < -0.3 is 4.74 Å². The Morgan fingerprint density at radius 2 is 1.84 bits per heavy atom. The molecule has 2 fully saturated rings. The molecule has 3 heteroatoms. The van der Waals surface area contributed by atoms with Crippen molar-refractivity contribution in [1.29, 1.82) is 0 Å². The van der Waals surface area contributed by atoms with Crippen molar-refractivity contribution < 1.29 is 13.9 Å². The van der Waals surface area contributed by atoms with Crippen LogP contribution in [0.25, 0.3) is 0 Å². The lowest BCUT2D eigenvalue weighted by molar-refractivity contribution is -0.172. The van der Waals surface area contributed by atoms with E-state index in [4.69, 9.17) is 4.74 Å². The number of halogens is 1. The highest BCUT2D eigenvalue weighted by atomic mass is 19.1. The fourth-order valence-corrected chi connectivity index (χ4v) is 3.79. The van der Waals surface area contributed by atoms with E-state index in [1.807, 2.05) is 0 Å². The van der Waals surface area contributed by atoms with Gasteiger partial charge >= 0.3 is 5.97 Å². The molecule has 0 spiro atoms. The predicted molar refractivity (Wildman–Crippen MR) is 69.8 cm³/mol. The topological polar surface area (TPSA) is 26.3 Å². The van der Waals surface area contributed by atoms with Gasteiger partial charge in [-0.15, -0.1) is 0 Å². The Morgan fingerprint density at radius 1 is 1.16 bits per heavy atom. The maximum absolute atomic E-state index is 13.0. The molecule has 1 heterocycles. The number of carbonyl (C=O) groups excluding carboxylic acids is 1. The van der Waals surface area contributed by atoms with E-state index >= 15 is 0 Å². The van der Waals surface area contributed by atoms with Gasteiger partial charge in [-0.25, -0.2) is 4.39 Å². The Labute approximate surface area is 113 Å². The van der Waals surface area contributed by atoms with Gasteiger partial charge in [0.25, 0.3) is 0 Å². The van der Waals surface area contributed by atoms with E-state index in [1.165, 1.54) is 12.1 Å². The van der Waals surface area contributed by atoms with E-state index < -0.39 is 0 Å².